The molecule has 0 spiro atoms. The van der Waals surface area contributed by atoms with E-state index in [9.17, 15) is 43.2 Å². The van der Waals surface area contributed by atoms with Gasteiger partial charge >= 0.3 is 39.5 Å². The molecule has 0 aliphatic carbocycles. The number of hydrogen-bond acceptors (Lipinski definition) is 15. The molecule has 0 saturated carbocycles. The van der Waals surface area contributed by atoms with Crippen LogP contribution < -0.4 is 0 Å². The number of aliphatic hydroxyl groups excluding tert-OH is 1. The lowest BCUT2D eigenvalue weighted by Gasteiger charge is -2.21. The Bertz CT molecular complexity index is 1780. The summed E-state index contributed by atoms with van der Waals surface area (Å²) in [6.45, 7) is 14.1. The highest BCUT2D eigenvalue weighted by Crippen LogP contribution is 2.45. The second-order valence-corrected chi connectivity index (χ2v) is 30.2. The Morgan fingerprint density at radius 1 is 0.311 bits per heavy atom. The molecule has 534 valence electrons. The van der Waals surface area contributed by atoms with Crippen LogP contribution in [0.2, 0.25) is 0 Å². The summed E-state index contributed by atoms with van der Waals surface area (Å²) in [6, 6.07) is 0. The zero-order valence-electron chi connectivity index (χ0n) is 58.8. The summed E-state index contributed by atoms with van der Waals surface area (Å²) in [5.41, 5.74) is 0. The normalized spacial score (nSPS) is 14.6. The van der Waals surface area contributed by atoms with Crippen molar-refractivity contribution in [2.24, 2.45) is 23.7 Å². The number of ether oxygens (including phenoxy) is 4. The summed E-state index contributed by atoms with van der Waals surface area (Å²) in [4.78, 5) is 72.5. The molecule has 17 nitrogen and oxygen atoms in total. The fourth-order valence-corrected chi connectivity index (χ4v) is 12.2. The maximum atomic E-state index is 13.0. The summed E-state index contributed by atoms with van der Waals surface area (Å²) in [6.07, 6.45) is 43.3. The van der Waals surface area contributed by atoms with Gasteiger partial charge in [0.2, 0.25) is 0 Å². The summed E-state index contributed by atoms with van der Waals surface area (Å²) in [5, 5.41) is 10.6. The fraction of sp³-hybridized carbons (Fsp3) is 0.944. The number of phosphoric ester groups is 2. The standard InChI is InChI=1S/C71H138O17P2/c1-9-64(8)50-42-34-25-19-16-17-20-26-35-43-51-68(73)81-58-67(88-71(76)54-46-38-30-29-33-41-49-63(6)7)60-86-90(79,80)84-56-65(72)55-83-89(77,78)85-59-66(57-82-69(74)52-44-36-28-22-24-32-40-48-62(4)5)87-70(75)53-45-37-27-21-15-13-11-10-12-14-18-23-31-39-47-61(2)3/h61-67,72H,9-60H2,1-8H3,(H,77,78)(H,79,80)/t64?,65?,66-,67-/m1/s1. The van der Waals surface area contributed by atoms with Crippen molar-refractivity contribution < 1.29 is 80.2 Å². The third-order valence-electron chi connectivity index (χ3n) is 16.7. The summed E-state index contributed by atoms with van der Waals surface area (Å²) < 4.78 is 68.3. The van der Waals surface area contributed by atoms with E-state index in [4.69, 9.17) is 37.0 Å². The Balaban J connectivity index is 5.21. The average molecular weight is 1330 g/mol. The van der Waals surface area contributed by atoms with Gasteiger partial charge in [-0.2, -0.15) is 0 Å². The van der Waals surface area contributed by atoms with Crippen molar-refractivity contribution in [3.8, 4) is 0 Å². The second kappa shape index (κ2) is 60.7. The summed E-state index contributed by atoms with van der Waals surface area (Å²) >= 11 is 0. The number of unbranched alkanes of at least 4 members (excludes halogenated alkanes) is 33. The maximum Gasteiger partial charge on any atom is 0.472 e. The van der Waals surface area contributed by atoms with Crippen LogP contribution in [0.25, 0.3) is 0 Å². The van der Waals surface area contributed by atoms with Crippen LogP contribution in [0.5, 0.6) is 0 Å². The Morgan fingerprint density at radius 2 is 0.533 bits per heavy atom. The number of carbonyl (C=O) groups is 4. The van der Waals surface area contributed by atoms with Gasteiger partial charge in [0, 0.05) is 25.7 Å². The number of hydrogen-bond donors (Lipinski definition) is 3. The maximum absolute atomic E-state index is 13.0. The minimum Gasteiger partial charge on any atom is -0.462 e. The zero-order chi connectivity index (χ0) is 66.8. The van der Waals surface area contributed by atoms with E-state index in [1.807, 2.05) is 0 Å². The first kappa shape index (κ1) is 88.1. The van der Waals surface area contributed by atoms with E-state index in [-0.39, 0.29) is 25.7 Å². The molecule has 0 amide bonds. The number of aliphatic hydroxyl groups is 1. The second-order valence-electron chi connectivity index (χ2n) is 27.3. The molecule has 6 atom stereocenters. The molecule has 0 saturated heterocycles. The van der Waals surface area contributed by atoms with Crippen LogP contribution >= 0.6 is 15.6 Å². The first-order valence-electron chi connectivity index (χ1n) is 36.7. The van der Waals surface area contributed by atoms with E-state index in [2.05, 4.69) is 55.4 Å². The Labute approximate surface area is 549 Å². The first-order chi connectivity index (χ1) is 43.1. The number of phosphoric acid groups is 2. The fourth-order valence-electron chi connectivity index (χ4n) is 10.6. The lowest BCUT2D eigenvalue weighted by Crippen LogP contribution is -2.30. The average Bonchev–Trinajstić information content (AvgIpc) is 3.07. The highest BCUT2D eigenvalue weighted by molar-refractivity contribution is 7.47. The lowest BCUT2D eigenvalue weighted by atomic mass is 9.99. The van der Waals surface area contributed by atoms with E-state index < -0.39 is 97.5 Å². The quantitative estimate of drug-likeness (QED) is 0.0222. The Kier molecular flexibility index (Phi) is 59.4. The molecule has 0 rings (SSSR count). The highest BCUT2D eigenvalue weighted by atomic mass is 31.2. The number of esters is 4. The van der Waals surface area contributed by atoms with Crippen molar-refractivity contribution >= 4 is 39.5 Å². The van der Waals surface area contributed by atoms with Crippen LogP contribution in [0.1, 0.15) is 351 Å². The molecular weight excluding hydrogens is 1190 g/mol. The van der Waals surface area contributed by atoms with Crippen molar-refractivity contribution in [1.82, 2.24) is 0 Å². The van der Waals surface area contributed by atoms with Crippen LogP contribution in [-0.4, -0.2) is 96.7 Å². The van der Waals surface area contributed by atoms with E-state index in [1.165, 1.54) is 148 Å². The van der Waals surface area contributed by atoms with Crippen molar-refractivity contribution in [1.29, 1.82) is 0 Å². The van der Waals surface area contributed by atoms with Gasteiger partial charge in [0.05, 0.1) is 26.4 Å². The molecule has 0 fully saturated rings. The molecule has 0 aliphatic heterocycles. The summed E-state index contributed by atoms with van der Waals surface area (Å²) in [5.74, 6) is 0.846. The zero-order valence-corrected chi connectivity index (χ0v) is 60.6. The molecule has 0 bridgehead atoms. The van der Waals surface area contributed by atoms with E-state index in [0.717, 1.165) is 108 Å². The summed E-state index contributed by atoms with van der Waals surface area (Å²) in [7, 11) is -9.90. The van der Waals surface area contributed by atoms with Crippen LogP contribution in [-0.2, 0) is 65.4 Å². The van der Waals surface area contributed by atoms with Crippen LogP contribution in [0, 0.1) is 23.7 Å². The molecule has 0 aromatic heterocycles. The molecule has 0 aromatic rings. The van der Waals surface area contributed by atoms with Gasteiger partial charge < -0.3 is 33.8 Å². The van der Waals surface area contributed by atoms with Crippen molar-refractivity contribution in [3.63, 3.8) is 0 Å². The van der Waals surface area contributed by atoms with Gasteiger partial charge in [-0.3, -0.25) is 37.3 Å². The lowest BCUT2D eigenvalue weighted by molar-refractivity contribution is -0.161. The molecule has 3 N–H and O–H groups in total. The Morgan fingerprint density at radius 3 is 0.789 bits per heavy atom. The SMILES string of the molecule is CCC(C)CCCCCCCCCCCCC(=O)OC[C@H](COP(=O)(O)OCC(O)COP(=O)(O)OC[C@@H](COC(=O)CCCCCCCCCC(C)C)OC(=O)CCCCCCCCCCCCCCCCC(C)C)OC(=O)CCCCCCCCC(C)C. The van der Waals surface area contributed by atoms with Gasteiger partial charge in [0.25, 0.3) is 0 Å². The van der Waals surface area contributed by atoms with Crippen molar-refractivity contribution in [2.45, 2.75) is 369 Å². The molecule has 0 heterocycles. The van der Waals surface area contributed by atoms with Gasteiger partial charge in [-0.05, 0) is 49.4 Å². The predicted octanol–water partition coefficient (Wildman–Crippen LogP) is 20.1. The van der Waals surface area contributed by atoms with Crippen LogP contribution in [0.4, 0.5) is 0 Å². The molecule has 0 aromatic carbocycles. The predicted molar refractivity (Wildman–Crippen MR) is 363 cm³/mol. The van der Waals surface area contributed by atoms with E-state index >= 15 is 0 Å². The molecule has 19 heteroatoms. The first-order valence-corrected chi connectivity index (χ1v) is 39.7. The monoisotopic (exact) mass is 1320 g/mol. The molecule has 4 unspecified atom stereocenters. The van der Waals surface area contributed by atoms with Crippen molar-refractivity contribution in [2.75, 3.05) is 39.6 Å². The third-order valence-corrected chi connectivity index (χ3v) is 18.6. The number of rotatable bonds is 68. The molecule has 0 aliphatic rings. The van der Waals surface area contributed by atoms with E-state index in [0.29, 0.717) is 37.5 Å². The highest BCUT2D eigenvalue weighted by Gasteiger charge is 2.30. The van der Waals surface area contributed by atoms with Gasteiger partial charge in [-0.1, -0.05) is 299 Å². The van der Waals surface area contributed by atoms with Gasteiger partial charge in [-0.25, -0.2) is 9.13 Å². The van der Waals surface area contributed by atoms with E-state index in [1.54, 1.807) is 0 Å². The largest absolute Gasteiger partial charge is 0.472 e. The van der Waals surface area contributed by atoms with Gasteiger partial charge in [0.1, 0.15) is 19.3 Å². The molecular formula is C71H138O17P2. The third kappa shape index (κ3) is 63.5. The molecule has 90 heavy (non-hydrogen) atoms. The van der Waals surface area contributed by atoms with Gasteiger partial charge in [-0.15, -0.1) is 0 Å². The topological polar surface area (TPSA) is 237 Å². The smallest absolute Gasteiger partial charge is 0.462 e. The van der Waals surface area contributed by atoms with Crippen LogP contribution in [0.15, 0.2) is 0 Å². The van der Waals surface area contributed by atoms with Crippen LogP contribution in [0.3, 0.4) is 0 Å². The van der Waals surface area contributed by atoms with Crippen molar-refractivity contribution in [3.05, 3.63) is 0 Å². The minimum atomic E-state index is -4.95. The van der Waals surface area contributed by atoms with Gasteiger partial charge in [0.15, 0.2) is 12.2 Å². The Hall–Kier alpha value is -1.94. The minimum absolute atomic E-state index is 0.101. The molecule has 0 radical (unpaired) electrons. The number of carbonyl (C=O) groups excluding carboxylic acids is 4.